The molecule has 0 saturated heterocycles. The zero-order chi connectivity index (χ0) is 15.9. The van der Waals surface area contributed by atoms with Crippen LogP contribution in [0.2, 0.25) is 0 Å². The Hall–Kier alpha value is -1.64. The van der Waals surface area contributed by atoms with Crippen molar-refractivity contribution in [3.05, 3.63) is 39.8 Å². The number of hydrogen-bond donors (Lipinski definition) is 1. The topological polar surface area (TPSA) is 79.6 Å². The molecule has 0 amide bonds. The van der Waals surface area contributed by atoms with Crippen molar-refractivity contribution in [1.29, 1.82) is 0 Å². The molecule has 1 aliphatic rings. The summed E-state index contributed by atoms with van der Waals surface area (Å²) in [6.45, 7) is 2.96. The highest BCUT2D eigenvalue weighted by Gasteiger charge is 2.30. The van der Waals surface area contributed by atoms with E-state index in [1.807, 2.05) is 11.4 Å². The molecule has 3 heterocycles. The van der Waals surface area contributed by atoms with Crippen LogP contribution in [0.25, 0.3) is 0 Å². The summed E-state index contributed by atoms with van der Waals surface area (Å²) < 4.78 is 28.4. The monoisotopic (exact) mass is 340 g/mol. The number of fused-ring (bicyclic) bond motifs is 1. The van der Waals surface area contributed by atoms with Crippen LogP contribution in [0.1, 0.15) is 27.9 Å². The molecule has 6 nitrogen and oxygen atoms in total. The number of thiophene rings is 1. The number of carboxylic acids is 1. The maximum Gasteiger partial charge on any atom is 0.352 e. The van der Waals surface area contributed by atoms with Gasteiger partial charge in [-0.2, -0.15) is 4.31 Å². The molecule has 8 heteroatoms. The first-order chi connectivity index (χ1) is 10.4. The molecule has 0 bridgehead atoms. The van der Waals surface area contributed by atoms with Crippen molar-refractivity contribution in [2.75, 3.05) is 6.54 Å². The van der Waals surface area contributed by atoms with Crippen LogP contribution in [-0.4, -0.2) is 34.9 Å². The fourth-order valence-corrected chi connectivity index (χ4v) is 4.99. The molecule has 0 aromatic carbocycles. The second-order valence-corrected chi connectivity index (χ2v) is 8.05. The van der Waals surface area contributed by atoms with E-state index < -0.39 is 16.0 Å². The molecule has 2 aromatic rings. The van der Waals surface area contributed by atoms with Gasteiger partial charge >= 0.3 is 5.97 Å². The highest BCUT2D eigenvalue weighted by molar-refractivity contribution is 7.89. The van der Waals surface area contributed by atoms with Crippen molar-refractivity contribution >= 4 is 27.3 Å². The molecule has 0 atom stereocenters. The molecule has 22 heavy (non-hydrogen) atoms. The summed E-state index contributed by atoms with van der Waals surface area (Å²) in [6, 6.07) is 3.19. The van der Waals surface area contributed by atoms with Crippen molar-refractivity contribution in [3.63, 3.8) is 0 Å². The number of hydrogen-bond acceptors (Lipinski definition) is 4. The zero-order valence-corrected chi connectivity index (χ0v) is 13.7. The van der Waals surface area contributed by atoms with Gasteiger partial charge < -0.3 is 9.67 Å². The number of carboxylic acid groups (broad SMARTS) is 1. The second-order valence-electron chi connectivity index (χ2n) is 5.11. The first kappa shape index (κ1) is 15.3. The lowest BCUT2D eigenvalue weighted by atomic mass is 10.1. The van der Waals surface area contributed by atoms with Gasteiger partial charge in [-0.05, 0) is 36.4 Å². The van der Waals surface area contributed by atoms with E-state index in [1.54, 1.807) is 18.3 Å². The Morgan fingerprint density at radius 3 is 2.86 bits per heavy atom. The van der Waals surface area contributed by atoms with Gasteiger partial charge in [0.2, 0.25) is 10.0 Å². The lowest BCUT2D eigenvalue weighted by molar-refractivity contribution is 0.0685. The molecule has 3 rings (SSSR count). The number of nitrogens with zero attached hydrogens (tertiary/aromatic N) is 2. The van der Waals surface area contributed by atoms with Crippen LogP contribution in [-0.2, 0) is 29.5 Å². The van der Waals surface area contributed by atoms with E-state index in [9.17, 15) is 13.2 Å². The Labute approximate surface area is 132 Å². The van der Waals surface area contributed by atoms with Gasteiger partial charge in [0.1, 0.15) is 10.6 Å². The fraction of sp³-hybridized carbons (Fsp3) is 0.357. The van der Waals surface area contributed by atoms with Crippen LogP contribution in [0.5, 0.6) is 0 Å². The third kappa shape index (κ3) is 2.47. The van der Waals surface area contributed by atoms with E-state index in [4.69, 9.17) is 5.11 Å². The number of aromatic nitrogens is 1. The zero-order valence-electron chi connectivity index (χ0n) is 12.0. The van der Waals surface area contributed by atoms with E-state index in [0.29, 0.717) is 26.1 Å². The summed E-state index contributed by atoms with van der Waals surface area (Å²) in [6.07, 6.45) is 2.11. The number of sulfonamides is 1. The number of rotatable bonds is 4. The number of aromatic carboxylic acids is 1. The van der Waals surface area contributed by atoms with Crippen LogP contribution in [0, 0.1) is 0 Å². The van der Waals surface area contributed by atoms with E-state index in [-0.39, 0.29) is 10.6 Å². The molecule has 0 saturated carbocycles. The minimum absolute atomic E-state index is 0.00527. The molecule has 1 aliphatic heterocycles. The van der Waals surface area contributed by atoms with Gasteiger partial charge in [-0.25, -0.2) is 13.2 Å². The van der Waals surface area contributed by atoms with E-state index >= 15 is 0 Å². The Morgan fingerprint density at radius 1 is 1.45 bits per heavy atom. The number of aryl methyl sites for hydroxylation is 1. The first-order valence-electron chi connectivity index (χ1n) is 6.92. The predicted molar refractivity (Wildman–Crippen MR) is 82.7 cm³/mol. The predicted octanol–water partition coefficient (Wildman–Crippen LogP) is 2.01. The van der Waals surface area contributed by atoms with E-state index in [2.05, 4.69) is 0 Å². The molecule has 0 fully saturated rings. The maximum atomic E-state index is 12.7. The average molecular weight is 340 g/mol. The van der Waals surface area contributed by atoms with Gasteiger partial charge in [-0.1, -0.05) is 0 Å². The van der Waals surface area contributed by atoms with Gasteiger partial charge in [-0.15, -0.1) is 11.3 Å². The molecule has 1 N–H and O–H groups in total. The van der Waals surface area contributed by atoms with Crippen LogP contribution < -0.4 is 0 Å². The highest BCUT2D eigenvalue weighted by Crippen LogP contribution is 2.28. The highest BCUT2D eigenvalue weighted by atomic mass is 32.2. The van der Waals surface area contributed by atoms with Gasteiger partial charge in [0.05, 0.1) is 0 Å². The van der Waals surface area contributed by atoms with Crippen molar-refractivity contribution < 1.29 is 18.3 Å². The molecule has 2 aromatic heterocycles. The van der Waals surface area contributed by atoms with Gasteiger partial charge in [0.25, 0.3) is 0 Å². The van der Waals surface area contributed by atoms with Crippen molar-refractivity contribution in [2.45, 2.75) is 31.3 Å². The Kier molecular flexibility index (Phi) is 3.84. The summed E-state index contributed by atoms with van der Waals surface area (Å²) in [4.78, 5) is 12.5. The van der Waals surface area contributed by atoms with Gasteiger partial charge in [-0.3, -0.25) is 0 Å². The lowest BCUT2D eigenvalue weighted by Gasteiger charge is -2.25. The summed E-state index contributed by atoms with van der Waals surface area (Å²) in [5, 5.41) is 11.1. The maximum absolute atomic E-state index is 12.7. The average Bonchev–Trinajstić information content (AvgIpc) is 3.12. The molecule has 0 unspecified atom stereocenters. The molecule has 0 aliphatic carbocycles. The van der Waals surface area contributed by atoms with Crippen molar-refractivity contribution in [1.82, 2.24) is 8.87 Å². The summed E-state index contributed by atoms with van der Waals surface area (Å²) in [5.41, 5.74) is 1.03. The fourth-order valence-electron chi connectivity index (χ4n) is 2.64. The van der Waals surface area contributed by atoms with Crippen LogP contribution in [0.4, 0.5) is 0 Å². The van der Waals surface area contributed by atoms with Gasteiger partial charge in [0.15, 0.2) is 0 Å². The molecule has 0 spiro atoms. The summed E-state index contributed by atoms with van der Waals surface area (Å²) >= 11 is 1.64. The molecule has 0 radical (unpaired) electrons. The van der Waals surface area contributed by atoms with E-state index in [0.717, 1.165) is 5.56 Å². The van der Waals surface area contributed by atoms with Crippen molar-refractivity contribution in [2.24, 2.45) is 0 Å². The quantitative estimate of drug-likeness (QED) is 0.923. The Balaban J connectivity index is 1.95. The third-order valence-corrected chi connectivity index (χ3v) is 6.68. The largest absolute Gasteiger partial charge is 0.477 e. The van der Waals surface area contributed by atoms with Crippen LogP contribution >= 0.6 is 11.3 Å². The SMILES string of the molecule is CCn1cc(S(=O)(=O)N2CCc3sccc3C2)cc1C(=O)O. The Morgan fingerprint density at radius 2 is 2.23 bits per heavy atom. The minimum atomic E-state index is -3.67. The van der Waals surface area contributed by atoms with Crippen LogP contribution in [0.3, 0.4) is 0 Å². The standard InChI is InChI=1S/C14H16N2O4S2/c1-2-15-9-11(7-12(15)14(17)18)22(19,20)16-5-3-13-10(8-16)4-6-21-13/h4,6-7,9H,2-3,5,8H2,1H3,(H,17,18). The first-order valence-corrected chi connectivity index (χ1v) is 9.24. The Bertz CT molecular complexity index is 820. The summed E-state index contributed by atoms with van der Waals surface area (Å²) in [7, 11) is -3.67. The normalized spacial score (nSPS) is 15.7. The number of carbonyl (C=O) groups is 1. The minimum Gasteiger partial charge on any atom is -0.477 e. The summed E-state index contributed by atoms with van der Waals surface area (Å²) in [5.74, 6) is -1.12. The molecular weight excluding hydrogens is 324 g/mol. The smallest absolute Gasteiger partial charge is 0.352 e. The van der Waals surface area contributed by atoms with E-state index in [1.165, 1.54) is 26.0 Å². The molecule has 118 valence electrons. The molecular formula is C14H16N2O4S2. The van der Waals surface area contributed by atoms with Crippen molar-refractivity contribution in [3.8, 4) is 0 Å². The third-order valence-electron chi connectivity index (χ3n) is 3.84. The van der Waals surface area contributed by atoms with Crippen LogP contribution in [0.15, 0.2) is 28.6 Å². The lowest BCUT2D eigenvalue weighted by Crippen LogP contribution is -2.35. The second kappa shape index (κ2) is 5.53. The van der Waals surface area contributed by atoms with Gasteiger partial charge in [0, 0.05) is 30.7 Å².